The van der Waals surface area contributed by atoms with E-state index in [-0.39, 0.29) is 35.9 Å². The molecule has 0 fully saturated rings. The number of hydrogen-bond acceptors (Lipinski definition) is 1. The van der Waals surface area contributed by atoms with Crippen LogP contribution in [0.5, 0.6) is 0 Å². The normalized spacial score (nSPS) is 4.75. The standard InChI is InChI=1S/C4H9.CN.Cu.Li/c1-4(2)3;1-2;;/h1-3H3;;;/q2*-1;+2;. The zero-order valence-electron chi connectivity index (χ0n) is 5.75. The fraction of sp³-hybridized carbons (Fsp3) is 0.600. The molecule has 0 aliphatic carbocycles. The molecule has 0 atom stereocenters. The van der Waals surface area contributed by atoms with E-state index < -0.39 is 0 Å². The Kier molecular flexibility index (Phi) is 74.9. The second kappa shape index (κ2) is 25.5. The van der Waals surface area contributed by atoms with Crippen LogP contribution in [-0.4, -0.2) is 18.9 Å². The number of hydrogen-bond donors (Lipinski definition) is 0. The van der Waals surface area contributed by atoms with Gasteiger partial charge in [-0.2, -0.15) is 20.8 Å². The largest absolute Gasteiger partial charge is 2.00 e. The molecule has 0 saturated carbocycles. The van der Waals surface area contributed by atoms with Crippen LogP contribution in [0, 0.1) is 17.8 Å². The van der Waals surface area contributed by atoms with E-state index in [4.69, 9.17) is 11.8 Å². The molecule has 0 rings (SSSR count). The molecule has 0 spiro atoms. The molecule has 0 bridgehead atoms. The van der Waals surface area contributed by atoms with Gasteiger partial charge in [-0.05, 0) is 0 Å². The van der Waals surface area contributed by atoms with E-state index in [2.05, 4.69) is 20.8 Å². The van der Waals surface area contributed by atoms with Crippen LogP contribution in [0.3, 0.4) is 0 Å². The van der Waals surface area contributed by atoms with Gasteiger partial charge >= 0.3 is 17.1 Å². The van der Waals surface area contributed by atoms with Gasteiger partial charge in [0.15, 0.2) is 0 Å². The Bertz CT molecular complexity index is 33.9. The molecule has 0 aromatic carbocycles. The molecule has 46 valence electrons. The number of nitrogens with zero attached hydrogens (tertiary/aromatic N) is 1. The van der Waals surface area contributed by atoms with Crippen molar-refractivity contribution < 1.29 is 17.1 Å². The van der Waals surface area contributed by atoms with E-state index in [0.717, 1.165) is 0 Å². The second-order valence-corrected chi connectivity index (χ2v) is 1.50. The van der Waals surface area contributed by atoms with E-state index in [1.54, 1.807) is 0 Å². The Labute approximate surface area is 74.5 Å². The summed E-state index contributed by atoms with van der Waals surface area (Å²) in [5, 5.41) is 6.25. The van der Waals surface area contributed by atoms with Crippen LogP contribution in [0.25, 0.3) is 0 Å². The molecule has 3 heteroatoms. The predicted octanol–water partition coefficient (Wildman–Crippen LogP) is 1.33. The Balaban J connectivity index is -0.0000000183. The molecule has 2 radical (unpaired) electrons. The summed E-state index contributed by atoms with van der Waals surface area (Å²) in [5.74, 6) is 1.42. The minimum atomic E-state index is 0. The molecule has 0 aliphatic rings. The number of rotatable bonds is 0. The molecule has 0 N–H and O–H groups in total. The maximum atomic E-state index is 6.25. The summed E-state index contributed by atoms with van der Waals surface area (Å²) in [6.45, 7) is 11.0. The van der Waals surface area contributed by atoms with Crippen LogP contribution in [0.2, 0.25) is 0 Å². The first-order chi connectivity index (χ1) is 2.73. The van der Waals surface area contributed by atoms with Gasteiger partial charge in [0.25, 0.3) is 0 Å². The average Bonchev–Trinajstić information content (AvgIpc) is 1.41. The predicted molar refractivity (Wildman–Crippen MR) is 31.0 cm³/mol. The molecule has 8 heavy (non-hydrogen) atoms. The van der Waals surface area contributed by atoms with E-state index in [1.165, 1.54) is 5.92 Å². The van der Waals surface area contributed by atoms with Gasteiger partial charge in [-0.15, -0.1) is 0 Å². The summed E-state index contributed by atoms with van der Waals surface area (Å²) in [7, 11) is 0. The fourth-order valence-corrected chi connectivity index (χ4v) is 0. The fourth-order valence-electron chi connectivity index (χ4n) is 0. The molecule has 0 amide bonds. The van der Waals surface area contributed by atoms with Gasteiger partial charge < -0.3 is 17.8 Å². The van der Waals surface area contributed by atoms with Crippen molar-refractivity contribution in [3.63, 3.8) is 0 Å². The van der Waals surface area contributed by atoms with E-state index in [1.807, 2.05) is 0 Å². The first-order valence-electron chi connectivity index (χ1n) is 1.72. The Hall–Kier alpha value is 0.607. The van der Waals surface area contributed by atoms with Crippen molar-refractivity contribution in [2.75, 3.05) is 0 Å². The minimum Gasteiger partial charge on any atom is -0.512 e. The summed E-state index contributed by atoms with van der Waals surface area (Å²) in [6.07, 6.45) is 0. The molecule has 0 heterocycles. The van der Waals surface area contributed by atoms with Crippen LogP contribution in [-0.2, 0) is 17.1 Å². The molecule has 0 aliphatic heterocycles. The SMILES string of the molecule is C[C-](C)C.[C-]#N.[Cu+2].[Li]. The molecular formula is C5H9CuLiN. The summed E-state index contributed by atoms with van der Waals surface area (Å²) in [5.41, 5.74) is 0. The molecule has 0 aromatic heterocycles. The molecule has 1 nitrogen and oxygen atoms in total. The van der Waals surface area contributed by atoms with E-state index >= 15 is 0 Å². The quantitative estimate of drug-likeness (QED) is 0.381. The van der Waals surface area contributed by atoms with Crippen LogP contribution in [0.15, 0.2) is 0 Å². The zero-order chi connectivity index (χ0) is 5.58. The minimum absolute atomic E-state index is 0. The molecule has 0 unspecified atom stereocenters. The Morgan fingerprint density at radius 1 is 1.12 bits per heavy atom. The van der Waals surface area contributed by atoms with Crippen molar-refractivity contribution in [2.45, 2.75) is 20.8 Å². The van der Waals surface area contributed by atoms with Gasteiger partial charge in [0.05, 0.1) is 0 Å². The zero-order valence-corrected chi connectivity index (χ0v) is 6.69. The van der Waals surface area contributed by atoms with Crippen LogP contribution >= 0.6 is 0 Å². The topological polar surface area (TPSA) is 23.8 Å². The third kappa shape index (κ3) is 564. The third-order valence-corrected chi connectivity index (χ3v) is 0. The Morgan fingerprint density at radius 3 is 1.12 bits per heavy atom. The maximum absolute atomic E-state index is 6.25. The summed E-state index contributed by atoms with van der Waals surface area (Å²) >= 11 is 0. The first kappa shape index (κ1) is 23.5. The average molecular weight is 154 g/mol. The van der Waals surface area contributed by atoms with Crippen molar-refractivity contribution in [3.8, 4) is 0 Å². The van der Waals surface area contributed by atoms with Crippen molar-refractivity contribution >= 4 is 18.9 Å². The van der Waals surface area contributed by atoms with Gasteiger partial charge in [-0.3, -0.25) is 0 Å². The molecular weight excluding hydrogens is 145 g/mol. The van der Waals surface area contributed by atoms with Crippen molar-refractivity contribution in [1.82, 2.24) is 0 Å². The van der Waals surface area contributed by atoms with E-state index in [0.29, 0.717) is 0 Å². The first-order valence-corrected chi connectivity index (χ1v) is 1.72. The van der Waals surface area contributed by atoms with Crippen molar-refractivity contribution in [3.05, 3.63) is 12.5 Å². The van der Waals surface area contributed by atoms with Crippen molar-refractivity contribution in [2.24, 2.45) is 0 Å². The smallest absolute Gasteiger partial charge is 0.512 e. The second-order valence-electron chi connectivity index (χ2n) is 1.50. The summed E-state index contributed by atoms with van der Waals surface area (Å²) < 4.78 is 0. The molecule has 0 saturated heterocycles. The van der Waals surface area contributed by atoms with Crippen LogP contribution < -0.4 is 0 Å². The molecule has 0 aromatic rings. The maximum Gasteiger partial charge on any atom is 2.00 e. The van der Waals surface area contributed by atoms with Crippen LogP contribution in [0.1, 0.15) is 20.8 Å². The van der Waals surface area contributed by atoms with Crippen molar-refractivity contribution in [1.29, 1.82) is 5.26 Å². The summed E-state index contributed by atoms with van der Waals surface area (Å²) in [6, 6.07) is 0. The monoisotopic (exact) mass is 153 g/mol. The van der Waals surface area contributed by atoms with Gasteiger partial charge in [0.2, 0.25) is 0 Å². The third-order valence-electron chi connectivity index (χ3n) is 0. The van der Waals surface area contributed by atoms with Gasteiger partial charge in [0.1, 0.15) is 0 Å². The van der Waals surface area contributed by atoms with Crippen LogP contribution in [0.4, 0.5) is 0 Å². The van der Waals surface area contributed by atoms with Gasteiger partial charge in [-0.25, -0.2) is 0 Å². The summed E-state index contributed by atoms with van der Waals surface area (Å²) in [4.78, 5) is 0. The van der Waals surface area contributed by atoms with E-state index in [9.17, 15) is 0 Å². The van der Waals surface area contributed by atoms with Gasteiger partial charge in [-0.1, -0.05) is 0 Å². The Morgan fingerprint density at radius 2 is 1.12 bits per heavy atom. The van der Waals surface area contributed by atoms with Gasteiger partial charge in [0, 0.05) is 18.9 Å².